The van der Waals surface area contributed by atoms with Crippen LogP contribution in [0.5, 0.6) is 0 Å². The van der Waals surface area contributed by atoms with Crippen molar-refractivity contribution >= 4 is 0 Å². The van der Waals surface area contributed by atoms with Crippen LogP contribution in [0.3, 0.4) is 0 Å². The lowest BCUT2D eigenvalue weighted by molar-refractivity contribution is 0.404. The molecule has 1 heteroatoms. The summed E-state index contributed by atoms with van der Waals surface area (Å²) < 4.78 is 0. The van der Waals surface area contributed by atoms with E-state index in [9.17, 15) is 0 Å². The molecule has 0 N–H and O–H groups in total. The van der Waals surface area contributed by atoms with Crippen molar-refractivity contribution in [1.29, 1.82) is 0 Å². The summed E-state index contributed by atoms with van der Waals surface area (Å²) in [5.74, 6) is 0. The van der Waals surface area contributed by atoms with Crippen molar-refractivity contribution < 1.29 is 0 Å². The fraction of sp³-hybridized carbons (Fsp3) is 0.636. The van der Waals surface area contributed by atoms with E-state index in [1.54, 1.807) is 5.70 Å². The van der Waals surface area contributed by atoms with Gasteiger partial charge in [-0.05, 0) is 38.2 Å². The summed E-state index contributed by atoms with van der Waals surface area (Å²) in [6, 6.07) is 0. The molecule has 1 aliphatic heterocycles. The Labute approximate surface area is 74.8 Å². The first kappa shape index (κ1) is 7.90. The van der Waals surface area contributed by atoms with Crippen LogP contribution in [0.25, 0.3) is 0 Å². The molecule has 2 rings (SSSR count). The lowest BCUT2D eigenvalue weighted by Gasteiger charge is -2.25. The van der Waals surface area contributed by atoms with E-state index in [1.165, 1.54) is 44.3 Å². The van der Waals surface area contributed by atoms with E-state index in [0.29, 0.717) is 0 Å². The third-order valence-electron chi connectivity index (χ3n) is 2.86. The molecule has 1 fully saturated rings. The molecular formula is C11H17N. The molecule has 0 spiro atoms. The maximum atomic E-state index is 2.57. The topological polar surface area (TPSA) is 3.24 Å². The summed E-state index contributed by atoms with van der Waals surface area (Å²) in [4.78, 5) is 2.57. The molecule has 0 bridgehead atoms. The standard InChI is InChI=1S/C11H17N/c1-10-6-2-3-7-11(10)12-8-4-5-9-12/h2,6H,3-5,7-9H2,1H3. The van der Waals surface area contributed by atoms with E-state index >= 15 is 0 Å². The van der Waals surface area contributed by atoms with Crippen LogP contribution in [-0.2, 0) is 0 Å². The van der Waals surface area contributed by atoms with Crippen LogP contribution < -0.4 is 0 Å². The third kappa shape index (κ3) is 1.40. The lowest BCUT2D eigenvalue weighted by atomic mass is 10.0. The van der Waals surface area contributed by atoms with Crippen molar-refractivity contribution in [1.82, 2.24) is 4.90 Å². The molecule has 66 valence electrons. The van der Waals surface area contributed by atoms with Gasteiger partial charge in [0.1, 0.15) is 0 Å². The first-order valence-electron chi connectivity index (χ1n) is 4.99. The molecule has 2 aliphatic rings. The molecule has 0 aromatic heterocycles. The highest BCUT2D eigenvalue weighted by molar-refractivity contribution is 5.27. The van der Waals surface area contributed by atoms with E-state index < -0.39 is 0 Å². The van der Waals surface area contributed by atoms with Gasteiger partial charge in [-0.3, -0.25) is 0 Å². The first-order chi connectivity index (χ1) is 5.88. The van der Waals surface area contributed by atoms with Crippen LogP contribution in [0.15, 0.2) is 23.4 Å². The van der Waals surface area contributed by atoms with Crippen molar-refractivity contribution in [2.75, 3.05) is 13.1 Å². The van der Waals surface area contributed by atoms with Crippen LogP contribution in [-0.4, -0.2) is 18.0 Å². The minimum Gasteiger partial charge on any atom is -0.375 e. The van der Waals surface area contributed by atoms with E-state index in [1.807, 2.05) is 0 Å². The third-order valence-corrected chi connectivity index (χ3v) is 2.86. The lowest BCUT2D eigenvalue weighted by Crippen LogP contribution is -2.20. The van der Waals surface area contributed by atoms with Gasteiger partial charge in [-0.25, -0.2) is 0 Å². The average molecular weight is 163 g/mol. The van der Waals surface area contributed by atoms with Gasteiger partial charge in [0, 0.05) is 18.8 Å². The molecule has 0 unspecified atom stereocenters. The molecular weight excluding hydrogens is 146 g/mol. The Morgan fingerprint density at radius 2 is 2.00 bits per heavy atom. The number of hydrogen-bond acceptors (Lipinski definition) is 1. The van der Waals surface area contributed by atoms with Crippen molar-refractivity contribution in [3.63, 3.8) is 0 Å². The highest BCUT2D eigenvalue weighted by Crippen LogP contribution is 2.25. The second kappa shape index (κ2) is 3.34. The van der Waals surface area contributed by atoms with Gasteiger partial charge in [-0.2, -0.15) is 0 Å². The largest absolute Gasteiger partial charge is 0.375 e. The number of hydrogen-bond donors (Lipinski definition) is 0. The Hall–Kier alpha value is -0.720. The summed E-state index contributed by atoms with van der Waals surface area (Å²) >= 11 is 0. The van der Waals surface area contributed by atoms with Crippen molar-refractivity contribution in [2.45, 2.75) is 32.6 Å². The summed E-state index contributed by atoms with van der Waals surface area (Å²) in [6.45, 7) is 4.82. The van der Waals surface area contributed by atoms with E-state index in [0.717, 1.165) is 0 Å². The molecule has 1 nitrogen and oxygen atoms in total. The van der Waals surface area contributed by atoms with E-state index in [-0.39, 0.29) is 0 Å². The maximum absolute atomic E-state index is 2.57. The van der Waals surface area contributed by atoms with Crippen molar-refractivity contribution in [3.8, 4) is 0 Å². The predicted octanol–water partition coefficient (Wildman–Crippen LogP) is 2.71. The zero-order valence-corrected chi connectivity index (χ0v) is 7.84. The van der Waals surface area contributed by atoms with Gasteiger partial charge in [0.05, 0.1) is 0 Å². The van der Waals surface area contributed by atoms with E-state index in [4.69, 9.17) is 0 Å². The second-order valence-electron chi connectivity index (χ2n) is 3.76. The minimum atomic E-state index is 1.24. The number of likely N-dealkylation sites (tertiary alicyclic amines) is 1. The SMILES string of the molecule is CC1=C(N2CCCC2)CCC=C1. The van der Waals surface area contributed by atoms with Crippen LogP contribution in [0.4, 0.5) is 0 Å². The van der Waals surface area contributed by atoms with Crippen LogP contribution in [0, 0.1) is 0 Å². The first-order valence-corrected chi connectivity index (χ1v) is 4.99. The molecule has 0 aromatic carbocycles. The van der Waals surface area contributed by atoms with Gasteiger partial charge < -0.3 is 4.90 Å². The Morgan fingerprint density at radius 3 is 2.67 bits per heavy atom. The average Bonchev–Trinajstić information content (AvgIpc) is 2.57. The van der Waals surface area contributed by atoms with E-state index in [2.05, 4.69) is 24.0 Å². The fourth-order valence-corrected chi connectivity index (χ4v) is 2.17. The van der Waals surface area contributed by atoms with Crippen molar-refractivity contribution in [2.24, 2.45) is 0 Å². The second-order valence-corrected chi connectivity index (χ2v) is 3.76. The smallest absolute Gasteiger partial charge is 0.0175 e. The van der Waals surface area contributed by atoms with Gasteiger partial charge in [-0.15, -0.1) is 0 Å². The highest BCUT2D eigenvalue weighted by Gasteiger charge is 2.16. The molecule has 12 heavy (non-hydrogen) atoms. The molecule has 0 amide bonds. The fourth-order valence-electron chi connectivity index (χ4n) is 2.17. The Kier molecular flexibility index (Phi) is 2.20. The van der Waals surface area contributed by atoms with Crippen LogP contribution >= 0.6 is 0 Å². The molecule has 0 saturated carbocycles. The van der Waals surface area contributed by atoms with Gasteiger partial charge >= 0.3 is 0 Å². The maximum Gasteiger partial charge on any atom is 0.0175 e. The summed E-state index contributed by atoms with van der Waals surface area (Å²) in [5.41, 5.74) is 3.10. The van der Waals surface area contributed by atoms with Crippen molar-refractivity contribution in [3.05, 3.63) is 23.4 Å². The molecule has 1 aliphatic carbocycles. The zero-order valence-electron chi connectivity index (χ0n) is 7.84. The molecule has 0 aromatic rings. The Balaban J connectivity index is 2.14. The molecule has 0 atom stereocenters. The highest BCUT2D eigenvalue weighted by atomic mass is 15.1. The minimum absolute atomic E-state index is 1.24. The monoisotopic (exact) mass is 163 g/mol. The Morgan fingerprint density at radius 1 is 1.25 bits per heavy atom. The summed E-state index contributed by atoms with van der Waals surface area (Å²) in [7, 11) is 0. The van der Waals surface area contributed by atoms with Gasteiger partial charge in [-0.1, -0.05) is 12.2 Å². The number of nitrogens with zero attached hydrogens (tertiary/aromatic N) is 1. The Bertz CT molecular complexity index is 219. The van der Waals surface area contributed by atoms with Gasteiger partial charge in [0.2, 0.25) is 0 Å². The van der Waals surface area contributed by atoms with Gasteiger partial charge in [0.15, 0.2) is 0 Å². The van der Waals surface area contributed by atoms with Crippen LogP contribution in [0.2, 0.25) is 0 Å². The molecule has 1 heterocycles. The predicted molar refractivity (Wildman–Crippen MR) is 51.9 cm³/mol. The normalized spacial score (nSPS) is 23.9. The zero-order chi connectivity index (χ0) is 8.39. The molecule has 1 saturated heterocycles. The number of allylic oxidation sites excluding steroid dienone is 4. The van der Waals surface area contributed by atoms with Crippen LogP contribution in [0.1, 0.15) is 32.6 Å². The molecule has 0 radical (unpaired) electrons. The number of rotatable bonds is 1. The summed E-state index contributed by atoms with van der Waals surface area (Å²) in [6.07, 6.45) is 9.85. The quantitative estimate of drug-likeness (QED) is 0.574. The van der Waals surface area contributed by atoms with Gasteiger partial charge in [0.25, 0.3) is 0 Å². The summed E-state index contributed by atoms with van der Waals surface area (Å²) in [5, 5.41) is 0.